The van der Waals surface area contributed by atoms with E-state index in [0.29, 0.717) is 41.9 Å². The Morgan fingerprint density at radius 1 is 1.10 bits per heavy atom. The molecule has 4 heterocycles. The van der Waals surface area contributed by atoms with Crippen molar-refractivity contribution >= 4 is 21.2 Å². The van der Waals surface area contributed by atoms with E-state index in [4.69, 9.17) is 9.40 Å². The number of imidazole rings is 1. The second kappa shape index (κ2) is 7.62. The van der Waals surface area contributed by atoms with E-state index in [1.54, 1.807) is 28.9 Å². The predicted molar refractivity (Wildman–Crippen MR) is 118 cm³/mol. The number of fused-ring (bicyclic) bond motifs is 1. The van der Waals surface area contributed by atoms with Gasteiger partial charge in [0.15, 0.2) is 17.2 Å². The lowest BCUT2D eigenvalue weighted by Gasteiger charge is -2.19. The van der Waals surface area contributed by atoms with Crippen LogP contribution in [0.25, 0.3) is 22.7 Å². The Kier molecular flexibility index (Phi) is 4.91. The maximum absolute atomic E-state index is 13.3. The van der Waals surface area contributed by atoms with Gasteiger partial charge in [-0.05, 0) is 54.3 Å². The van der Waals surface area contributed by atoms with Crippen LogP contribution < -0.4 is 0 Å². The van der Waals surface area contributed by atoms with Crippen molar-refractivity contribution < 1.29 is 12.8 Å². The highest BCUT2D eigenvalue weighted by Crippen LogP contribution is 2.34. The third-order valence-corrected chi connectivity index (χ3v) is 7.75. The molecule has 5 rings (SSSR count). The average molecular weight is 437 g/mol. The van der Waals surface area contributed by atoms with Gasteiger partial charge >= 0.3 is 0 Å². The van der Waals surface area contributed by atoms with Crippen molar-refractivity contribution in [3.05, 3.63) is 66.6 Å². The van der Waals surface area contributed by atoms with E-state index in [9.17, 15) is 8.42 Å². The number of benzene rings is 1. The number of aromatic nitrogens is 3. The summed E-state index contributed by atoms with van der Waals surface area (Å²) in [4.78, 5) is 9.56. The van der Waals surface area contributed by atoms with E-state index in [1.165, 1.54) is 0 Å². The normalized spacial score (nSPS) is 17.7. The van der Waals surface area contributed by atoms with Gasteiger partial charge in [0.25, 0.3) is 0 Å². The van der Waals surface area contributed by atoms with Crippen molar-refractivity contribution in [1.82, 2.24) is 18.8 Å². The van der Waals surface area contributed by atoms with E-state index >= 15 is 0 Å². The minimum atomic E-state index is -3.57. The number of hydrogen-bond acceptors (Lipinski definition) is 5. The molecular formula is C23H24N4O3S. The average Bonchev–Trinajstić information content (AvgIpc) is 3.52. The molecule has 0 aliphatic carbocycles. The zero-order valence-corrected chi connectivity index (χ0v) is 18.3. The van der Waals surface area contributed by atoms with E-state index in [1.807, 2.05) is 41.0 Å². The van der Waals surface area contributed by atoms with Crippen LogP contribution in [0.1, 0.15) is 37.8 Å². The maximum atomic E-state index is 13.3. The highest BCUT2D eigenvalue weighted by molar-refractivity contribution is 7.89. The molecule has 0 bridgehead atoms. The second-order valence-electron chi connectivity index (χ2n) is 8.16. The Morgan fingerprint density at radius 2 is 1.90 bits per heavy atom. The maximum Gasteiger partial charge on any atom is 0.243 e. The van der Waals surface area contributed by atoms with Gasteiger partial charge in [-0.3, -0.25) is 0 Å². The molecule has 0 saturated carbocycles. The Labute approximate surface area is 181 Å². The molecule has 31 heavy (non-hydrogen) atoms. The molecular weight excluding hydrogens is 412 g/mol. The van der Waals surface area contributed by atoms with E-state index in [2.05, 4.69) is 18.8 Å². The second-order valence-corrected chi connectivity index (χ2v) is 10.1. The highest BCUT2D eigenvalue weighted by Gasteiger charge is 2.35. The molecule has 1 aliphatic heterocycles. The largest absolute Gasteiger partial charge is 0.461 e. The Morgan fingerprint density at radius 3 is 2.61 bits per heavy atom. The van der Waals surface area contributed by atoms with Crippen molar-refractivity contribution in [1.29, 1.82) is 0 Å². The summed E-state index contributed by atoms with van der Waals surface area (Å²) in [6, 6.07) is 14.6. The predicted octanol–water partition coefficient (Wildman–Crippen LogP) is 4.45. The lowest BCUT2D eigenvalue weighted by atomic mass is 10.0. The van der Waals surface area contributed by atoms with Crippen LogP contribution in [0.2, 0.25) is 0 Å². The van der Waals surface area contributed by atoms with Crippen LogP contribution in [0.5, 0.6) is 0 Å². The molecule has 0 N–H and O–H groups in total. The highest BCUT2D eigenvalue weighted by atomic mass is 32.2. The number of rotatable bonds is 5. The molecule has 0 spiro atoms. The quantitative estimate of drug-likeness (QED) is 0.462. The summed E-state index contributed by atoms with van der Waals surface area (Å²) >= 11 is 0. The molecule has 1 aromatic carbocycles. The standard InChI is InChI=1S/C23H24N4O3S/c1-16(2)17-7-9-19(10-8-17)31(28,29)26-13-11-18(15-26)27-22-20(5-3-12-24-22)25-23(27)21-6-4-14-30-21/h3-10,12,14,16,18H,11,13,15H2,1-2H3. The fraction of sp³-hybridized carbons (Fsp3) is 0.304. The third-order valence-electron chi connectivity index (χ3n) is 5.87. The topological polar surface area (TPSA) is 81.2 Å². The first-order chi connectivity index (χ1) is 14.9. The minimum Gasteiger partial charge on any atom is -0.461 e. The lowest BCUT2D eigenvalue weighted by molar-refractivity contribution is 0.453. The fourth-order valence-corrected chi connectivity index (χ4v) is 5.66. The van der Waals surface area contributed by atoms with E-state index < -0.39 is 10.0 Å². The summed E-state index contributed by atoms with van der Waals surface area (Å²) in [5, 5.41) is 0. The van der Waals surface area contributed by atoms with Crippen LogP contribution in [0.15, 0.2) is 70.3 Å². The van der Waals surface area contributed by atoms with Crippen molar-refractivity contribution in [2.45, 2.75) is 37.1 Å². The van der Waals surface area contributed by atoms with Crippen LogP contribution in [0, 0.1) is 0 Å². The molecule has 3 aromatic heterocycles. The van der Waals surface area contributed by atoms with Crippen molar-refractivity contribution in [2.24, 2.45) is 0 Å². The minimum absolute atomic E-state index is 0.0790. The van der Waals surface area contributed by atoms with Gasteiger partial charge in [-0.25, -0.2) is 18.4 Å². The smallest absolute Gasteiger partial charge is 0.243 e. The van der Waals surface area contributed by atoms with Gasteiger partial charge in [0.1, 0.15) is 5.52 Å². The molecule has 7 nitrogen and oxygen atoms in total. The van der Waals surface area contributed by atoms with Gasteiger partial charge in [-0.15, -0.1) is 0 Å². The third kappa shape index (κ3) is 3.45. The molecule has 1 saturated heterocycles. The fourth-order valence-electron chi connectivity index (χ4n) is 4.17. The molecule has 160 valence electrons. The van der Waals surface area contributed by atoms with Gasteiger partial charge in [0.05, 0.1) is 17.2 Å². The van der Waals surface area contributed by atoms with Crippen molar-refractivity contribution in [3.63, 3.8) is 0 Å². The molecule has 8 heteroatoms. The summed E-state index contributed by atoms with van der Waals surface area (Å²) in [6.07, 6.45) is 4.02. The molecule has 0 radical (unpaired) electrons. The van der Waals surface area contributed by atoms with Gasteiger partial charge in [0, 0.05) is 19.3 Å². The van der Waals surface area contributed by atoms with E-state index in [-0.39, 0.29) is 6.04 Å². The molecule has 4 aromatic rings. The zero-order valence-electron chi connectivity index (χ0n) is 17.5. The van der Waals surface area contributed by atoms with E-state index in [0.717, 1.165) is 16.7 Å². The van der Waals surface area contributed by atoms with Crippen molar-refractivity contribution in [2.75, 3.05) is 13.1 Å². The van der Waals surface area contributed by atoms with Crippen LogP contribution in [0.3, 0.4) is 0 Å². The summed E-state index contributed by atoms with van der Waals surface area (Å²) < 4.78 is 35.7. The number of sulfonamides is 1. The molecule has 1 atom stereocenters. The first kappa shape index (κ1) is 20.0. The Balaban J connectivity index is 1.48. The van der Waals surface area contributed by atoms with Gasteiger partial charge in [-0.2, -0.15) is 4.31 Å². The van der Waals surface area contributed by atoms with Crippen LogP contribution in [-0.2, 0) is 10.0 Å². The zero-order chi connectivity index (χ0) is 21.6. The molecule has 1 unspecified atom stereocenters. The van der Waals surface area contributed by atoms with Gasteiger partial charge in [0.2, 0.25) is 10.0 Å². The first-order valence-corrected chi connectivity index (χ1v) is 11.9. The number of furan rings is 1. The monoisotopic (exact) mass is 436 g/mol. The number of nitrogens with zero attached hydrogens (tertiary/aromatic N) is 4. The number of pyridine rings is 1. The molecule has 0 amide bonds. The van der Waals surface area contributed by atoms with Crippen LogP contribution in [-0.4, -0.2) is 40.3 Å². The summed E-state index contributed by atoms with van der Waals surface area (Å²) in [6.45, 7) is 5.00. The number of hydrogen-bond donors (Lipinski definition) is 0. The Bertz CT molecular complexity index is 1310. The lowest BCUT2D eigenvalue weighted by Crippen LogP contribution is -2.29. The van der Waals surface area contributed by atoms with Gasteiger partial charge < -0.3 is 8.98 Å². The summed E-state index contributed by atoms with van der Waals surface area (Å²) in [5.41, 5.74) is 2.62. The van der Waals surface area contributed by atoms with Crippen molar-refractivity contribution in [3.8, 4) is 11.6 Å². The summed E-state index contributed by atoms with van der Waals surface area (Å²) in [7, 11) is -3.57. The first-order valence-electron chi connectivity index (χ1n) is 10.4. The summed E-state index contributed by atoms with van der Waals surface area (Å²) in [5.74, 6) is 1.67. The molecule has 1 aliphatic rings. The molecule has 1 fully saturated rings. The van der Waals surface area contributed by atoms with Gasteiger partial charge in [-0.1, -0.05) is 26.0 Å². The SMILES string of the molecule is CC(C)c1ccc(S(=O)(=O)N2CCC(n3c(-c4ccco4)nc4cccnc43)C2)cc1. The Hall–Kier alpha value is -2.97. The van der Waals surface area contributed by atoms with Crippen LogP contribution >= 0.6 is 0 Å². The van der Waals surface area contributed by atoms with Crippen LogP contribution in [0.4, 0.5) is 0 Å².